The minimum atomic E-state index is -0.541. The lowest BCUT2D eigenvalue weighted by Gasteiger charge is -2.36. The van der Waals surface area contributed by atoms with Crippen molar-refractivity contribution in [1.82, 2.24) is 15.0 Å². The maximum Gasteiger partial charge on any atom is 0.374 e. The summed E-state index contributed by atoms with van der Waals surface area (Å²) in [5, 5.41) is 3.96. The van der Waals surface area contributed by atoms with Gasteiger partial charge in [0.15, 0.2) is 11.5 Å². The largest absolute Gasteiger partial charge is 0.463 e. The van der Waals surface area contributed by atoms with Gasteiger partial charge in [-0.05, 0) is 32.0 Å². The van der Waals surface area contributed by atoms with Crippen molar-refractivity contribution in [2.75, 3.05) is 61.6 Å². The topological polar surface area (TPSA) is 115 Å². The summed E-state index contributed by atoms with van der Waals surface area (Å²) in [7, 11) is 1.31. The van der Waals surface area contributed by atoms with E-state index in [4.69, 9.17) is 33.6 Å². The number of esters is 1. The predicted octanol–water partition coefficient (Wildman–Crippen LogP) is 2.60. The van der Waals surface area contributed by atoms with Gasteiger partial charge in [0.2, 0.25) is 11.7 Å². The quantitative estimate of drug-likeness (QED) is 0.557. The number of nitrogens with one attached hydrogen (secondary N) is 1. The van der Waals surface area contributed by atoms with E-state index in [0.29, 0.717) is 49.6 Å². The first-order valence-electron chi connectivity index (χ1n) is 11.4. The van der Waals surface area contributed by atoms with Crippen molar-refractivity contribution in [3.63, 3.8) is 0 Å². The first kappa shape index (κ1) is 22.4. The van der Waals surface area contributed by atoms with Crippen LogP contribution in [0.25, 0.3) is 11.0 Å². The van der Waals surface area contributed by atoms with Gasteiger partial charge in [-0.15, -0.1) is 0 Å². The van der Waals surface area contributed by atoms with Crippen molar-refractivity contribution in [2.24, 2.45) is 0 Å². The molecule has 2 aliphatic rings. The van der Waals surface area contributed by atoms with Crippen molar-refractivity contribution in [1.29, 1.82) is 0 Å². The van der Waals surface area contributed by atoms with Gasteiger partial charge in [0.05, 0.1) is 37.9 Å². The molecule has 5 rings (SSSR count). The number of hydrogen-bond acceptors (Lipinski definition) is 11. The van der Waals surface area contributed by atoms with Crippen molar-refractivity contribution >= 4 is 40.5 Å². The zero-order valence-corrected chi connectivity index (χ0v) is 19.5. The standard InChI is InChI=1S/C23H28N6O5/c1-14-12-29(13-15(2)33-14)23-26-20-16(21(27-23)28-8-10-32-11-9-28)4-6-18(25-20)24-19-7-5-17(34-19)22(30)31-3/h4-7,14-15H,8-13H2,1-3H3,(H,24,25,26,27). The molecule has 11 nitrogen and oxygen atoms in total. The summed E-state index contributed by atoms with van der Waals surface area (Å²) in [4.78, 5) is 30.6. The van der Waals surface area contributed by atoms with Gasteiger partial charge in [0.1, 0.15) is 11.6 Å². The number of ether oxygens (including phenoxy) is 3. The third-order valence-corrected chi connectivity index (χ3v) is 5.78. The first-order valence-corrected chi connectivity index (χ1v) is 11.4. The summed E-state index contributed by atoms with van der Waals surface area (Å²) in [6.07, 6.45) is 0.164. The van der Waals surface area contributed by atoms with Crippen LogP contribution in [-0.4, -0.2) is 79.6 Å². The van der Waals surface area contributed by atoms with Gasteiger partial charge in [-0.2, -0.15) is 9.97 Å². The van der Waals surface area contributed by atoms with E-state index in [0.717, 1.165) is 24.3 Å². The fraction of sp³-hybridized carbons (Fsp3) is 0.478. The fourth-order valence-electron chi connectivity index (χ4n) is 4.29. The van der Waals surface area contributed by atoms with E-state index >= 15 is 0 Å². The first-order chi connectivity index (χ1) is 16.5. The molecule has 0 amide bonds. The lowest BCUT2D eigenvalue weighted by Crippen LogP contribution is -2.46. The maximum atomic E-state index is 11.7. The molecule has 0 radical (unpaired) electrons. The summed E-state index contributed by atoms with van der Waals surface area (Å²) in [5.74, 6) is 1.97. The molecule has 2 atom stereocenters. The zero-order valence-electron chi connectivity index (χ0n) is 19.5. The van der Waals surface area contributed by atoms with Crippen LogP contribution < -0.4 is 15.1 Å². The number of methoxy groups -OCH3 is 1. The van der Waals surface area contributed by atoms with Crippen LogP contribution in [0.3, 0.4) is 0 Å². The minimum absolute atomic E-state index is 0.0822. The molecular formula is C23H28N6O5. The Hall–Kier alpha value is -3.44. The average molecular weight is 469 g/mol. The fourth-order valence-corrected chi connectivity index (χ4v) is 4.29. The van der Waals surface area contributed by atoms with Gasteiger partial charge < -0.3 is 33.7 Å². The second kappa shape index (κ2) is 9.43. The molecule has 2 fully saturated rings. The van der Waals surface area contributed by atoms with Crippen LogP contribution in [0.4, 0.5) is 23.5 Å². The second-order valence-electron chi connectivity index (χ2n) is 8.46. The van der Waals surface area contributed by atoms with Gasteiger partial charge in [-0.1, -0.05) is 0 Å². The van der Waals surface area contributed by atoms with E-state index in [1.54, 1.807) is 12.1 Å². The van der Waals surface area contributed by atoms with E-state index in [1.807, 2.05) is 12.1 Å². The Balaban J connectivity index is 1.51. The molecule has 0 aromatic carbocycles. The summed E-state index contributed by atoms with van der Waals surface area (Å²) in [6.45, 7) is 8.34. The Labute approximate surface area is 197 Å². The lowest BCUT2D eigenvalue weighted by atomic mass is 10.2. The normalized spacial score (nSPS) is 21.0. The van der Waals surface area contributed by atoms with Crippen LogP contribution in [0, 0.1) is 0 Å². The number of rotatable bonds is 5. The van der Waals surface area contributed by atoms with E-state index in [1.165, 1.54) is 7.11 Å². The maximum absolute atomic E-state index is 11.7. The van der Waals surface area contributed by atoms with Gasteiger partial charge >= 0.3 is 5.97 Å². The Bertz CT molecular complexity index is 1170. The average Bonchev–Trinajstić information content (AvgIpc) is 3.31. The number of aromatic nitrogens is 3. The Morgan fingerprint density at radius 1 is 1.03 bits per heavy atom. The molecule has 0 aliphatic carbocycles. The number of furan rings is 1. The van der Waals surface area contributed by atoms with Gasteiger partial charge in [-0.25, -0.2) is 9.78 Å². The van der Waals surface area contributed by atoms with E-state index in [2.05, 4.69) is 29.0 Å². The number of carbonyl (C=O) groups excluding carboxylic acids is 1. The molecule has 2 aliphatic heterocycles. The molecule has 0 bridgehead atoms. The molecule has 180 valence electrons. The number of nitrogens with zero attached hydrogens (tertiary/aromatic N) is 5. The van der Waals surface area contributed by atoms with Crippen LogP contribution in [0.2, 0.25) is 0 Å². The van der Waals surface area contributed by atoms with Crippen molar-refractivity contribution < 1.29 is 23.4 Å². The number of morpholine rings is 2. The lowest BCUT2D eigenvalue weighted by molar-refractivity contribution is -0.00570. The molecule has 11 heteroatoms. The summed E-state index contributed by atoms with van der Waals surface area (Å²) < 4.78 is 21.6. The molecule has 34 heavy (non-hydrogen) atoms. The highest BCUT2D eigenvalue weighted by molar-refractivity contribution is 5.90. The zero-order chi connectivity index (χ0) is 23.7. The van der Waals surface area contributed by atoms with Gasteiger partial charge in [0.25, 0.3) is 0 Å². The van der Waals surface area contributed by atoms with Crippen molar-refractivity contribution in [3.8, 4) is 0 Å². The second-order valence-corrected chi connectivity index (χ2v) is 8.46. The van der Waals surface area contributed by atoms with Crippen LogP contribution in [0.15, 0.2) is 28.7 Å². The monoisotopic (exact) mass is 468 g/mol. The number of fused-ring (bicyclic) bond motifs is 1. The number of anilines is 4. The highest BCUT2D eigenvalue weighted by atomic mass is 16.5. The number of hydrogen-bond donors (Lipinski definition) is 1. The Kier molecular flexibility index (Phi) is 6.20. The molecule has 5 heterocycles. The highest BCUT2D eigenvalue weighted by Crippen LogP contribution is 2.29. The third-order valence-electron chi connectivity index (χ3n) is 5.78. The SMILES string of the molecule is COC(=O)c1ccc(Nc2ccc3c(N4CCOCC4)nc(N4CC(C)OC(C)C4)nc3n2)o1. The number of pyridine rings is 1. The summed E-state index contributed by atoms with van der Waals surface area (Å²) in [6, 6.07) is 6.99. The highest BCUT2D eigenvalue weighted by Gasteiger charge is 2.26. The Morgan fingerprint density at radius 2 is 1.79 bits per heavy atom. The predicted molar refractivity (Wildman–Crippen MR) is 126 cm³/mol. The van der Waals surface area contributed by atoms with E-state index in [-0.39, 0.29) is 18.0 Å². The van der Waals surface area contributed by atoms with Crippen molar-refractivity contribution in [3.05, 3.63) is 30.0 Å². The van der Waals surface area contributed by atoms with E-state index in [9.17, 15) is 4.79 Å². The molecular weight excluding hydrogens is 440 g/mol. The molecule has 2 unspecified atom stereocenters. The van der Waals surface area contributed by atoms with Crippen LogP contribution in [0.5, 0.6) is 0 Å². The van der Waals surface area contributed by atoms with Crippen LogP contribution in [-0.2, 0) is 14.2 Å². The molecule has 3 aromatic rings. The third kappa shape index (κ3) is 4.62. The molecule has 1 N–H and O–H groups in total. The van der Waals surface area contributed by atoms with Gasteiger partial charge in [0, 0.05) is 32.2 Å². The molecule has 0 spiro atoms. The smallest absolute Gasteiger partial charge is 0.374 e. The van der Waals surface area contributed by atoms with Crippen LogP contribution in [0.1, 0.15) is 24.4 Å². The molecule has 3 aromatic heterocycles. The minimum Gasteiger partial charge on any atom is -0.463 e. The van der Waals surface area contributed by atoms with Gasteiger partial charge in [-0.3, -0.25) is 0 Å². The van der Waals surface area contributed by atoms with E-state index < -0.39 is 5.97 Å². The summed E-state index contributed by atoms with van der Waals surface area (Å²) in [5.41, 5.74) is 0.572. The molecule has 2 saturated heterocycles. The Morgan fingerprint density at radius 3 is 2.53 bits per heavy atom. The van der Waals surface area contributed by atoms with Crippen LogP contribution >= 0.6 is 0 Å². The summed E-state index contributed by atoms with van der Waals surface area (Å²) >= 11 is 0. The number of carbonyl (C=O) groups is 1. The molecule has 0 saturated carbocycles. The van der Waals surface area contributed by atoms with Crippen molar-refractivity contribution in [2.45, 2.75) is 26.1 Å².